The van der Waals surface area contributed by atoms with Crippen LogP contribution < -0.4 is 5.32 Å². The Kier molecular flexibility index (Phi) is 5.13. The molecule has 1 spiro atoms. The fourth-order valence-electron chi connectivity index (χ4n) is 5.81. The zero-order valence-electron chi connectivity index (χ0n) is 17.7. The van der Waals surface area contributed by atoms with Crippen LogP contribution in [0, 0.1) is 23.7 Å². The molecule has 10 heteroatoms. The fourth-order valence-corrected chi connectivity index (χ4v) is 6.70. The second-order valence-corrected chi connectivity index (χ2v) is 11.0. The molecule has 1 aliphatic carbocycles. The first kappa shape index (κ1) is 21.2. The van der Waals surface area contributed by atoms with Gasteiger partial charge in [0.25, 0.3) is 5.91 Å². The zero-order valence-corrected chi connectivity index (χ0v) is 18.5. The van der Waals surface area contributed by atoms with E-state index in [9.17, 15) is 18.0 Å². The lowest BCUT2D eigenvalue weighted by Crippen LogP contribution is -2.49. The molecular formula is C20H29N5O4S. The maximum atomic E-state index is 12.9. The number of nitrogens with zero attached hydrogens (tertiary/aromatic N) is 4. The summed E-state index contributed by atoms with van der Waals surface area (Å²) >= 11 is 0. The fraction of sp³-hybridized carbons (Fsp3) is 0.700. The first-order valence-electron chi connectivity index (χ1n) is 10.4. The summed E-state index contributed by atoms with van der Waals surface area (Å²) in [6, 6.07) is 0. The number of carbonyl (C=O) groups is 2. The summed E-state index contributed by atoms with van der Waals surface area (Å²) in [6.07, 6.45) is 7.40. The molecule has 2 saturated heterocycles. The molecule has 3 aliphatic rings. The van der Waals surface area contributed by atoms with E-state index in [4.69, 9.17) is 0 Å². The number of carbonyl (C=O) groups excluding carboxylic acids is 2. The van der Waals surface area contributed by atoms with Crippen molar-refractivity contribution in [3.05, 3.63) is 23.8 Å². The minimum atomic E-state index is -3.37. The number of likely N-dealkylation sites (tertiary alicyclic amines) is 1. The van der Waals surface area contributed by atoms with Crippen LogP contribution in [0.3, 0.4) is 0 Å². The zero-order chi connectivity index (χ0) is 21.7. The van der Waals surface area contributed by atoms with Gasteiger partial charge in [-0.15, -0.1) is 0 Å². The number of hydrogen-bond donors (Lipinski definition) is 1. The molecule has 0 bridgehead atoms. The molecule has 164 valence electrons. The van der Waals surface area contributed by atoms with Crippen molar-refractivity contribution >= 4 is 21.8 Å². The van der Waals surface area contributed by atoms with Crippen LogP contribution in [0.25, 0.3) is 0 Å². The number of hydrogen-bond acceptors (Lipinski definition) is 6. The largest absolute Gasteiger partial charge is 0.359 e. The second kappa shape index (κ2) is 7.26. The van der Waals surface area contributed by atoms with E-state index in [1.54, 1.807) is 18.1 Å². The summed E-state index contributed by atoms with van der Waals surface area (Å²) in [5, 5.41) is 2.78. The minimum Gasteiger partial charge on any atom is -0.359 e. The van der Waals surface area contributed by atoms with E-state index >= 15 is 0 Å². The molecule has 0 radical (unpaired) electrons. The quantitative estimate of drug-likeness (QED) is 0.737. The van der Waals surface area contributed by atoms with Crippen molar-refractivity contribution in [1.82, 2.24) is 24.5 Å². The Labute approximate surface area is 177 Å². The predicted molar refractivity (Wildman–Crippen MR) is 110 cm³/mol. The Morgan fingerprint density at radius 3 is 2.40 bits per heavy atom. The van der Waals surface area contributed by atoms with Gasteiger partial charge in [0.05, 0.1) is 23.6 Å². The van der Waals surface area contributed by atoms with Crippen molar-refractivity contribution in [2.24, 2.45) is 16.7 Å². The summed E-state index contributed by atoms with van der Waals surface area (Å²) < 4.78 is 25.9. The Balaban J connectivity index is 1.54. The van der Waals surface area contributed by atoms with Gasteiger partial charge in [0.15, 0.2) is 0 Å². The van der Waals surface area contributed by atoms with Crippen LogP contribution in [0.2, 0.25) is 0 Å². The Hall–Kier alpha value is -2.07. The molecule has 2 atom stereocenters. The molecular weight excluding hydrogens is 406 g/mol. The standard InChI is InChI=1S/C20H29N5O4S/c1-14-10-23-15(11-22-14)17(26)24-8-6-19(7-9-24)4-5-20(18(27)21-2)13-25(12-16(19)20)30(3,28)29/h10-11,16H,4-9,12-13H2,1-3H3,(H,21,27)/t16-,20+/m1/s1. The van der Waals surface area contributed by atoms with Crippen LogP contribution in [0.1, 0.15) is 41.9 Å². The second-order valence-electron chi connectivity index (χ2n) is 9.04. The van der Waals surface area contributed by atoms with Gasteiger partial charge in [-0.3, -0.25) is 14.6 Å². The average Bonchev–Trinajstić information content (AvgIpc) is 3.26. The highest BCUT2D eigenvalue weighted by atomic mass is 32.2. The molecule has 2 aliphatic heterocycles. The smallest absolute Gasteiger partial charge is 0.274 e. The number of aryl methyl sites for hydroxylation is 1. The van der Waals surface area contributed by atoms with Gasteiger partial charge in [0.2, 0.25) is 15.9 Å². The van der Waals surface area contributed by atoms with Crippen LogP contribution in [0.15, 0.2) is 12.4 Å². The van der Waals surface area contributed by atoms with Crippen LogP contribution in [-0.4, -0.2) is 78.9 Å². The molecule has 30 heavy (non-hydrogen) atoms. The molecule has 3 fully saturated rings. The van der Waals surface area contributed by atoms with E-state index in [0.717, 1.165) is 25.0 Å². The molecule has 2 amide bonds. The highest BCUT2D eigenvalue weighted by Gasteiger charge is 2.65. The lowest BCUT2D eigenvalue weighted by atomic mass is 9.65. The van der Waals surface area contributed by atoms with Crippen molar-refractivity contribution < 1.29 is 18.0 Å². The van der Waals surface area contributed by atoms with Gasteiger partial charge in [-0.25, -0.2) is 17.7 Å². The molecule has 1 N–H and O–H groups in total. The third-order valence-corrected chi connectivity index (χ3v) is 8.73. The Bertz CT molecular complexity index is 956. The molecule has 1 aromatic rings. The summed E-state index contributed by atoms with van der Waals surface area (Å²) in [7, 11) is -1.75. The van der Waals surface area contributed by atoms with Gasteiger partial charge in [-0.05, 0) is 43.9 Å². The van der Waals surface area contributed by atoms with E-state index in [0.29, 0.717) is 31.7 Å². The number of amides is 2. The molecule has 0 aromatic carbocycles. The highest BCUT2D eigenvalue weighted by Crippen LogP contribution is 2.62. The topological polar surface area (TPSA) is 113 Å². The van der Waals surface area contributed by atoms with Crippen molar-refractivity contribution in [2.75, 3.05) is 39.5 Å². The average molecular weight is 436 g/mol. The number of fused-ring (bicyclic) bond motifs is 2. The third kappa shape index (κ3) is 3.30. The van der Waals surface area contributed by atoms with Gasteiger partial charge < -0.3 is 10.2 Å². The molecule has 3 heterocycles. The molecule has 4 rings (SSSR count). The lowest BCUT2D eigenvalue weighted by Gasteiger charge is -2.44. The Morgan fingerprint density at radius 1 is 1.13 bits per heavy atom. The number of nitrogens with one attached hydrogen (secondary N) is 1. The van der Waals surface area contributed by atoms with Gasteiger partial charge in [0, 0.05) is 39.4 Å². The monoisotopic (exact) mass is 435 g/mol. The van der Waals surface area contributed by atoms with Gasteiger partial charge in [0.1, 0.15) is 5.69 Å². The number of aromatic nitrogens is 2. The molecule has 1 saturated carbocycles. The summed E-state index contributed by atoms with van der Waals surface area (Å²) in [4.78, 5) is 35.9. The van der Waals surface area contributed by atoms with Crippen LogP contribution in [0.5, 0.6) is 0 Å². The number of rotatable bonds is 3. The Morgan fingerprint density at radius 2 is 1.83 bits per heavy atom. The van der Waals surface area contributed by atoms with E-state index < -0.39 is 15.4 Å². The third-order valence-electron chi connectivity index (χ3n) is 7.51. The first-order chi connectivity index (χ1) is 14.1. The molecule has 1 aromatic heterocycles. The van der Waals surface area contributed by atoms with Crippen molar-refractivity contribution in [3.8, 4) is 0 Å². The summed E-state index contributed by atoms with van der Waals surface area (Å²) in [6.45, 7) is 3.61. The number of piperidine rings is 1. The van der Waals surface area contributed by atoms with Gasteiger partial charge in [-0.2, -0.15) is 0 Å². The van der Waals surface area contributed by atoms with Crippen molar-refractivity contribution in [2.45, 2.75) is 32.6 Å². The van der Waals surface area contributed by atoms with E-state index in [1.807, 2.05) is 6.92 Å². The van der Waals surface area contributed by atoms with Crippen LogP contribution in [-0.2, 0) is 14.8 Å². The van der Waals surface area contributed by atoms with Gasteiger partial charge >= 0.3 is 0 Å². The summed E-state index contributed by atoms with van der Waals surface area (Å²) in [5.74, 6) is -0.225. The normalized spacial score (nSPS) is 28.5. The van der Waals surface area contributed by atoms with Crippen molar-refractivity contribution in [1.29, 1.82) is 0 Å². The molecule has 0 unspecified atom stereocenters. The maximum Gasteiger partial charge on any atom is 0.274 e. The van der Waals surface area contributed by atoms with Crippen LogP contribution >= 0.6 is 0 Å². The van der Waals surface area contributed by atoms with Gasteiger partial charge in [-0.1, -0.05) is 0 Å². The van der Waals surface area contributed by atoms with Crippen molar-refractivity contribution in [3.63, 3.8) is 0 Å². The van der Waals surface area contributed by atoms with E-state index in [2.05, 4.69) is 15.3 Å². The van der Waals surface area contributed by atoms with E-state index in [1.165, 1.54) is 16.8 Å². The first-order valence-corrected chi connectivity index (χ1v) is 12.2. The highest BCUT2D eigenvalue weighted by molar-refractivity contribution is 7.88. The molecule has 9 nitrogen and oxygen atoms in total. The van der Waals surface area contributed by atoms with Crippen LogP contribution in [0.4, 0.5) is 0 Å². The maximum absolute atomic E-state index is 12.9. The minimum absolute atomic E-state index is 0.0314. The SMILES string of the molecule is CNC(=O)[C@]12CCC3(CCN(C(=O)c4cnc(C)cn4)CC3)[C@H]1CN(S(C)(=O)=O)C2. The lowest BCUT2D eigenvalue weighted by molar-refractivity contribution is -0.132. The van der Waals surface area contributed by atoms with E-state index in [-0.39, 0.29) is 29.7 Å². The predicted octanol–water partition coefficient (Wildman–Crippen LogP) is 0.425. The number of sulfonamides is 1. The summed E-state index contributed by atoms with van der Waals surface area (Å²) in [5.41, 5.74) is 0.304.